The SMILES string of the molecule is Cc1cc(N=CNO)ccc1N1CCN(C)CC1. The zero-order valence-corrected chi connectivity index (χ0v) is 10.9. The van der Waals surface area contributed by atoms with E-state index >= 15 is 0 Å². The molecule has 5 nitrogen and oxygen atoms in total. The van der Waals surface area contributed by atoms with Crippen LogP contribution in [0.5, 0.6) is 0 Å². The monoisotopic (exact) mass is 248 g/mol. The molecule has 0 aromatic heterocycles. The third-order valence-electron chi connectivity index (χ3n) is 3.30. The second-order valence-corrected chi connectivity index (χ2v) is 4.65. The van der Waals surface area contributed by atoms with Gasteiger partial charge in [0.25, 0.3) is 0 Å². The summed E-state index contributed by atoms with van der Waals surface area (Å²) in [6.07, 6.45) is 1.27. The molecule has 0 spiro atoms. The maximum absolute atomic E-state index is 8.47. The first-order chi connectivity index (χ1) is 8.70. The molecular formula is C13H20N4O. The Labute approximate surface area is 108 Å². The smallest absolute Gasteiger partial charge is 0.113 e. The van der Waals surface area contributed by atoms with Gasteiger partial charge in [-0.05, 0) is 37.7 Å². The van der Waals surface area contributed by atoms with E-state index in [0.29, 0.717) is 0 Å². The molecule has 98 valence electrons. The number of nitrogens with one attached hydrogen (secondary N) is 1. The number of benzene rings is 1. The summed E-state index contributed by atoms with van der Waals surface area (Å²) in [5, 5.41) is 8.47. The van der Waals surface area contributed by atoms with Crippen molar-refractivity contribution in [3.05, 3.63) is 23.8 Å². The van der Waals surface area contributed by atoms with E-state index < -0.39 is 0 Å². The lowest BCUT2D eigenvalue weighted by atomic mass is 10.1. The van der Waals surface area contributed by atoms with Gasteiger partial charge < -0.3 is 9.80 Å². The molecule has 2 N–H and O–H groups in total. The van der Waals surface area contributed by atoms with E-state index in [-0.39, 0.29) is 0 Å². The van der Waals surface area contributed by atoms with Gasteiger partial charge in [0.1, 0.15) is 6.34 Å². The van der Waals surface area contributed by atoms with Crippen molar-refractivity contribution >= 4 is 17.7 Å². The van der Waals surface area contributed by atoms with Gasteiger partial charge in [0.2, 0.25) is 0 Å². The number of hydroxylamine groups is 1. The van der Waals surface area contributed by atoms with Crippen LogP contribution in [0.15, 0.2) is 23.2 Å². The number of rotatable bonds is 3. The van der Waals surface area contributed by atoms with Crippen molar-refractivity contribution in [3.8, 4) is 0 Å². The maximum atomic E-state index is 8.47. The van der Waals surface area contributed by atoms with Gasteiger partial charge in [0.15, 0.2) is 0 Å². The van der Waals surface area contributed by atoms with Crippen LogP contribution in [-0.4, -0.2) is 49.7 Å². The molecule has 0 radical (unpaired) electrons. The molecule has 1 aliphatic rings. The summed E-state index contributed by atoms with van der Waals surface area (Å²) in [5.41, 5.74) is 5.24. The van der Waals surface area contributed by atoms with E-state index in [1.165, 1.54) is 17.6 Å². The highest BCUT2D eigenvalue weighted by Gasteiger charge is 2.15. The number of anilines is 1. The van der Waals surface area contributed by atoms with Crippen LogP contribution in [0.3, 0.4) is 0 Å². The average molecular weight is 248 g/mol. The summed E-state index contributed by atoms with van der Waals surface area (Å²) >= 11 is 0. The average Bonchev–Trinajstić information content (AvgIpc) is 2.38. The van der Waals surface area contributed by atoms with E-state index in [2.05, 4.69) is 34.8 Å². The number of likely N-dealkylation sites (N-methyl/N-ethyl adjacent to an activating group) is 1. The number of nitrogens with zero attached hydrogens (tertiary/aromatic N) is 3. The number of aryl methyl sites for hydroxylation is 1. The van der Waals surface area contributed by atoms with Crippen LogP contribution in [-0.2, 0) is 0 Å². The molecule has 5 heteroatoms. The van der Waals surface area contributed by atoms with Crippen LogP contribution in [0.1, 0.15) is 5.56 Å². The first-order valence-electron chi connectivity index (χ1n) is 6.17. The van der Waals surface area contributed by atoms with Crippen LogP contribution in [0.4, 0.5) is 11.4 Å². The van der Waals surface area contributed by atoms with E-state index in [0.717, 1.165) is 31.9 Å². The standard InChI is InChI=1S/C13H20N4O/c1-11-9-12(14-10-15-18)3-4-13(11)17-7-5-16(2)6-8-17/h3-4,9-10,18H,5-8H2,1-2H3,(H,14,15). The van der Waals surface area contributed by atoms with Crippen LogP contribution in [0, 0.1) is 6.92 Å². The molecule has 18 heavy (non-hydrogen) atoms. The van der Waals surface area contributed by atoms with Crippen molar-refractivity contribution in [2.24, 2.45) is 4.99 Å². The third-order valence-corrected chi connectivity index (χ3v) is 3.30. The Hall–Kier alpha value is -1.59. The van der Waals surface area contributed by atoms with Gasteiger partial charge in [0, 0.05) is 31.9 Å². The summed E-state index contributed by atoms with van der Waals surface area (Å²) in [4.78, 5) is 8.83. The molecule has 1 saturated heterocycles. The van der Waals surface area contributed by atoms with Gasteiger partial charge in [-0.15, -0.1) is 0 Å². The summed E-state index contributed by atoms with van der Waals surface area (Å²) in [7, 11) is 2.16. The molecule has 1 aromatic carbocycles. The van der Waals surface area contributed by atoms with Crippen molar-refractivity contribution < 1.29 is 5.21 Å². The number of aliphatic imine (C=N–C) groups is 1. The third kappa shape index (κ3) is 3.00. The quantitative estimate of drug-likeness (QED) is 0.482. The van der Waals surface area contributed by atoms with Gasteiger partial charge >= 0.3 is 0 Å². The van der Waals surface area contributed by atoms with Crippen LogP contribution < -0.4 is 10.4 Å². The molecule has 0 aliphatic carbocycles. The topological polar surface area (TPSA) is 51.1 Å². The van der Waals surface area contributed by atoms with Gasteiger partial charge in [-0.3, -0.25) is 10.7 Å². The molecular weight excluding hydrogens is 228 g/mol. The van der Waals surface area contributed by atoms with Crippen molar-refractivity contribution in [2.75, 3.05) is 38.1 Å². The summed E-state index contributed by atoms with van der Waals surface area (Å²) < 4.78 is 0. The summed E-state index contributed by atoms with van der Waals surface area (Å²) in [5.74, 6) is 0. The van der Waals surface area contributed by atoms with Gasteiger partial charge in [-0.25, -0.2) is 4.99 Å². The zero-order chi connectivity index (χ0) is 13.0. The van der Waals surface area contributed by atoms with Crippen molar-refractivity contribution in [2.45, 2.75) is 6.92 Å². The number of hydrogen-bond donors (Lipinski definition) is 2. The fourth-order valence-corrected chi connectivity index (χ4v) is 2.23. The molecule has 0 bridgehead atoms. The van der Waals surface area contributed by atoms with Crippen LogP contribution >= 0.6 is 0 Å². The predicted octanol–water partition coefficient (Wildman–Crippen LogP) is 1.39. The van der Waals surface area contributed by atoms with E-state index in [1.54, 1.807) is 0 Å². The largest absolute Gasteiger partial charge is 0.369 e. The minimum Gasteiger partial charge on any atom is -0.369 e. The molecule has 2 rings (SSSR count). The van der Waals surface area contributed by atoms with Crippen LogP contribution in [0.2, 0.25) is 0 Å². The molecule has 0 amide bonds. The molecule has 1 fully saturated rings. The second kappa shape index (κ2) is 5.84. The highest BCUT2D eigenvalue weighted by atomic mass is 16.5. The van der Waals surface area contributed by atoms with Gasteiger partial charge in [0.05, 0.1) is 5.69 Å². The second-order valence-electron chi connectivity index (χ2n) is 4.65. The Morgan fingerprint density at radius 1 is 1.28 bits per heavy atom. The minimum absolute atomic E-state index is 0.840. The highest BCUT2D eigenvalue weighted by Crippen LogP contribution is 2.25. The molecule has 0 atom stereocenters. The van der Waals surface area contributed by atoms with E-state index in [4.69, 9.17) is 5.21 Å². The fraction of sp³-hybridized carbons (Fsp3) is 0.462. The van der Waals surface area contributed by atoms with E-state index in [9.17, 15) is 0 Å². The first kappa shape index (κ1) is 12.9. The van der Waals surface area contributed by atoms with Crippen LogP contribution in [0.25, 0.3) is 0 Å². The summed E-state index contributed by atoms with van der Waals surface area (Å²) in [6.45, 7) is 6.44. The van der Waals surface area contributed by atoms with Crippen molar-refractivity contribution in [1.29, 1.82) is 0 Å². The maximum Gasteiger partial charge on any atom is 0.113 e. The lowest BCUT2D eigenvalue weighted by Crippen LogP contribution is -2.44. The minimum atomic E-state index is 0.840. The summed E-state index contributed by atoms with van der Waals surface area (Å²) in [6, 6.07) is 6.10. The fourth-order valence-electron chi connectivity index (χ4n) is 2.23. The highest BCUT2D eigenvalue weighted by molar-refractivity contribution is 5.64. The molecule has 1 heterocycles. The lowest BCUT2D eigenvalue weighted by Gasteiger charge is -2.35. The number of hydrogen-bond acceptors (Lipinski definition) is 4. The molecule has 0 saturated carbocycles. The Balaban J connectivity index is 2.12. The normalized spacial score (nSPS) is 17.4. The predicted molar refractivity (Wildman–Crippen MR) is 74.0 cm³/mol. The van der Waals surface area contributed by atoms with Crippen molar-refractivity contribution in [1.82, 2.24) is 10.4 Å². The van der Waals surface area contributed by atoms with E-state index in [1.807, 2.05) is 17.6 Å². The number of piperazine rings is 1. The molecule has 0 unspecified atom stereocenters. The Kier molecular flexibility index (Phi) is 4.17. The Morgan fingerprint density at radius 2 is 2.00 bits per heavy atom. The Bertz CT molecular complexity index is 425. The molecule has 1 aliphatic heterocycles. The molecule has 1 aromatic rings. The Morgan fingerprint density at radius 3 is 2.61 bits per heavy atom. The van der Waals surface area contributed by atoms with Gasteiger partial charge in [-0.1, -0.05) is 0 Å². The zero-order valence-electron chi connectivity index (χ0n) is 10.9. The first-order valence-corrected chi connectivity index (χ1v) is 6.17. The van der Waals surface area contributed by atoms with Gasteiger partial charge in [-0.2, -0.15) is 0 Å². The van der Waals surface area contributed by atoms with Crippen molar-refractivity contribution in [3.63, 3.8) is 0 Å². The lowest BCUT2D eigenvalue weighted by molar-refractivity contribution is 0.240.